The molecule has 1 atom stereocenters. The lowest BCUT2D eigenvalue weighted by molar-refractivity contribution is 0.210. The Bertz CT molecular complexity index is 612. The van der Waals surface area contributed by atoms with Crippen molar-refractivity contribution in [2.45, 2.75) is 66.3 Å². The van der Waals surface area contributed by atoms with Crippen LogP contribution in [0.3, 0.4) is 0 Å². The zero-order chi connectivity index (χ0) is 22.7. The van der Waals surface area contributed by atoms with Crippen molar-refractivity contribution in [3.63, 3.8) is 0 Å². The quantitative estimate of drug-likeness (QED) is 0.0998. The van der Waals surface area contributed by atoms with Crippen molar-refractivity contribution in [3.05, 3.63) is 58.9 Å². The van der Waals surface area contributed by atoms with Crippen molar-refractivity contribution in [3.8, 4) is 6.07 Å². The van der Waals surface area contributed by atoms with Crippen molar-refractivity contribution in [1.29, 1.82) is 5.26 Å². The van der Waals surface area contributed by atoms with E-state index in [-0.39, 0.29) is 0 Å². The first kappa shape index (κ1) is 29.3. The highest BCUT2D eigenvalue weighted by molar-refractivity contribution is 7.84. The van der Waals surface area contributed by atoms with Crippen LogP contribution in [-0.2, 0) is 4.74 Å². The average molecular weight is 420 g/mol. The minimum Gasteiger partial charge on any atom is -0.496 e. The van der Waals surface area contributed by atoms with Crippen molar-refractivity contribution in [2.24, 2.45) is 5.73 Å². The molecule has 0 aliphatic heterocycles. The van der Waals surface area contributed by atoms with Crippen LogP contribution in [0, 0.1) is 11.3 Å². The Labute approximate surface area is 184 Å². The van der Waals surface area contributed by atoms with Crippen LogP contribution in [0.5, 0.6) is 0 Å². The lowest BCUT2D eigenvalue weighted by Crippen LogP contribution is -2.30. The van der Waals surface area contributed by atoms with Gasteiger partial charge in [-0.05, 0) is 53.7 Å². The van der Waals surface area contributed by atoms with Gasteiger partial charge < -0.3 is 15.4 Å². The number of nitrogens with zero attached hydrogens (tertiary/aromatic N) is 2. The van der Waals surface area contributed by atoms with Crippen LogP contribution in [-0.4, -0.2) is 31.1 Å². The van der Waals surface area contributed by atoms with E-state index in [9.17, 15) is 0 Å². The first-order valence-corrected chi connectivity index (χ1v) is 10.7. The molecule has 0 saturated heterocycles. The van der Waals surface area contributed by atoms with E-state index < -0.39 is 0 Å². The highest BCUT2D eigenvalue weighted by atomic mass is 32.1. The van der Waals surface area contributed by atoms with Gasteiger partial charge in [0.25, 0.3) is 0 Å². The SMILES string of the molecule is C/C=C(C)/C=C/C=C(\S)C#N.C=CCCO/C(C)=C(\N)CCN(C)[C@H](C)CCC. The monoisotopic (exact) mass is 419 g/mol. The van der Waals surface area contributed by atoms with E-state index in [1.165, 1.54) is 18.4 Å². The van der Waals surface area contributed by atoms with Crippen LogP contribution in [0.25, 0.3) is 0 Å². The fourth-order valence-corrected chi connectivity index (χ4v) is 2.23. The molecule has 4 nitrogen and oxygen atoms in total. The summed E-state index contributed by atoms with van der Waals surface area (Å²) in [7, 11) is 2.15. The molecule has 0 spiro atoms. The number of rotatable bonds is 12. The molecule has 2 N–H and O–H groups in total. The summed E-state index contributed by atoms with van der Waals surface area (Å²) < 4.78 is 5.55. The van der Waals surface area contributed by atoms with Gasteiger partial charge in [0.15, 0.2) is 0 Å². The molecular formula is C24H41N3OS. The van der Waals surface area contributed by atoms with Crippen molar-refractivity contribution < 1.29 is 4.74 Å². The van der Waals surface area contributed by atoms with E-state index in [1.54, 1.807) is 12.2 Å². The van der Waals surface area contributed by atoms with Crippen LogP contribution in [0.2, 0.25) is 0 Å². The van der Waals surface area contributed by atoms with E-state index in [0.29, 0.717) is 17.6 Å². The second kappa shape index (κ2) is 19.4. The maximum Gasteiger partial charge on any atom is 0.112 e. The Morgan fingerprint density at radius 1 is 1.38 bits per heavy atom. The van der Waals surface area contributed by atoms with Gasteiger partial charge in [-0.2, -0.15) is 5.26 Å². The summed E-state index contributed by atoms with van der Waals surface area (Å²) in [5, 5.41) is 8.31. The highest BCUT2D eigenvalue weighted by Crippen LogP contribution is 2.09. The van der Waals surface area contributed by atoms with Gasteiger partial charge in [-0.3, -0.25) is 0 Å². The normalized spacial score (nSPS) is 14.0. The van der Waals surface area contributed by atoms with Gasteiger partial charge in [0.05, 0.1) is 11.5 Å². The zero-order valence-electron chi connectivity index (χ0n) is 19.2. The van der Waals surface area contributed by atoms with Crippen LogP contribution >= 0.6 is 12.6 Å². The third kappa shape index (κ3) is 17.9. The molecule has 0 aromatic heterocycles. The Morgan fingerprint density at radius 3 is 2.55 bits per heavy atom. The molecule has 0 aliphatic rings. The van der Waals surface area contributed by atoms with Crippen molar-refractivity contribution in [1.82, 2.24) is 4.90 Å². The van der Waals surface area contributed by atoms with Gasteiger partial charge in [0.1, 0.15) is 11.8 Å². The standard InChI is InChI=1S/C15H30N2O.C9H11NS/c1-6-8-12-18-14(4)15(16)10-11-17(5)13(3)9-7-2;1-3-8(2)5-4-6-9(11)7-10/h6,13H,1,7-12,16H2,2-5H3;3-6,11H,1-2H3/b15-14-;5-4+,8-3+,9-6-/t13-;/m1./s1. The van der Waals surface area contributed by atoms with E-state index in [0.717, 1.165) is 30.8 Å². The summed E-state index contributed by atoms with van der Waals surface area (Å²) >= 11 is 3.89. The largest absolute Gasteiger partial charge is 0.496 e. The van der Waals surface area contributed by atoms with Gasteiger partial charge in [-0.25, -0.2) is 0 Å². The molecule has 0 unspecified atom stereocenters. The Balaban J connectivity index is 0. The lowest BCUT2D eigenvalue weighted by Gasteiger charge is -2.24. The molecule has 0 bridgehead atoms. The third-order valence-electron chi connectivity index (χ3n) is 4.47. The molecule has 0 aliphatic carbocycles. The molecule has 0 fully saturated rings. The molecule has 0 aromatic rings. The summed E-state index contributed by atoms with van der Waals surface area (Å²) in [4.78, 5) is 2.78. The molecule has 5 heteroatoms. The highest BCUT2D eigenvalue weighted by Gasteiger charge is 2.08. The summed E-state index contributed by atoms with van der Waals surface area (Å²) in [6.07, 6.45) is 13.4. The minimum atomic E-state index is 0.421. The van der Waals surface area contributed by atoms with Crippen LogP contribution in [0.1, 0.15) is 60.3 Å². The van der Waals surface area contributed by atoms with Gasteiger partial charge in [0.2, 0.25) is 0 Å². The van der Waals surface area contributed by atoms with E-state index in [4.69, 9.17) is 15.7 Å². The van der Waals surface area contributed by atoms with E-state index in [1.807, 2.05) is 45.1 Å². The van der Waals surface area contributed by atoms with Gasteiger partial charge in [-0.15, -0.1) is 19.2 Å². The summed E-state index contributed by atoms with van der Waals surface area (Å²) in [6, 6.07) is 2.53. The van der Waals surface area contributed by atoms with Crippen molar-refractivity contribution in [2.75, 3.05) is 20.2 Å². The molecule has 0 saturated carbocycles. The average Bonchev–Trinajstić information content (AvgIpc) is 2.71. The first-order chi connectivity index (χ1) is 13.7. The van der Waals surface area contributed by atoms with Crippen LogP contribution in [0.4, 0.5) is 0 Å². The number of hydrogen-bond donors (Lipinski definition) is 2. The molecule has 0 heterocycles. The third-order valence-corrected chi connectivity index (χ3v) is 4.72. The molecule has 0 aromatic carbocycles. The number of allylic oxidation sites excluding steroid dienone is 7. The topological polar surface area (TPSA) is 62.3 Å². The molecule has 164 valence electrons. The molecule has 0 rings (SSSR count). The molecular weight excluding hydrogens is 378 g/mol. The number of ether oxygens (including phenoxy) is 1. The number of thiol groups is 1. The smallest absolute Gasteiger partial charge is 0.112 e. The fourth-order valence-electron chi connectivity index (χ4n) is 2.14. The molecule has 0 radical (unpaired) electrons. The predicted octanol–water partition coefficient (Wildman–Crippen LogP) is 6.13. The van der Waals surface area contributed by atoms with Gasteiger partial charge >= 0.3 is 0 Å². The Kier molecular flexibility index (Phi) is 19.6. The van der Waals surface area contributed by atoms with Crippen LogP contribution in [0.15, 0.2) is 58.9 Å². The summed E-state index contributed by atoms with van der Waals surface area (Å²) in [6.45, 7) is 15.7. The summed E-state index contributed by atoms with van der Waals surface area (Å²) in [5.74, 6) is 0.855. The predicted molar refractivity (Wildman–Crippen MR) is 131 cm³/mol. The second-order valence-electron chi connectivity index (χ2n) is 6.93. The number of hydrogen-bond acceptors (Lipinski definition) is 5. The number of nitrogens with two attached hydrogens (primary N) is 1. The van der Waals surface area contributed by atoms with E-state index >= 15 is 0 Å². The summed E-state index contributed by atoms with van der Waals surface area (Å²) in [5.41, 5.74) is 8.05. The van der Waals surface area contributed by atoms with Crippen molar-refractivity contribution >= 4 is 12.6 Å². The van der Waals surface area contributed by atoms with Gasteiger partial charge in [-0.1, -0.05) is 43.2 Å². The Morgan fingerprint density at radius 2 is 2.03 bits per heavy atom. The fraction of sp³-hybridized carbons (Fsp3) is 0.542. The maximum absolute atomic E-state index is 8.31. The Hall–Kier alpha value is -1.90. The lowest BCUT2D eigenvalue weighted by atomic mass is 10.1. The molecule has 0 amide bonds. The maximum atomic E-state index is 8.31. The first-order valence-electron chi connectivity index (χ1n) is 10.2. The van der Waals surface area contributed by atoms with E-state index in [2.05, 4.69) is 45.0 Å². The number of nitriles is 1. The molecule has 29 heavy (non-hydrogen) atoms. The zero-order valence-corrected chi connectivity index (χ0v) is 20.1. The second-order valence-corrected chi connectivity index (χ2v) is 7.41. The van der Waals surface area contributed by atoms with Gasteiger partial charge in [0, 0.05) is 24.7 Å². The van der Waals surface area contributed by atoms with Crippen LogP contribution < -0.4 is 5.73 Å². The minimum absolute atomic E-state index is 0.421.